The highest BCUT2D eigenvalue weighted by molar-refractivity contribution is 8.76. The number of carbonyl (C=O) groups excluding carboxylic acids is 2. The van der Waals surface area contributed by atoms with Crippen LogP contribution in [0.3, 0.4) is 0 Å². The van der Waals surface area contributed by atoms with Crippen molar-refractivity contribution < 1.29 is 9.59 Å². The highest BCUT2D eigenvalue weighted by Gasteiger charge is 2.05. The van der Waals surface area contributed by atoms with E-state index in [-0.39, 0.29) is 0 Å². The van der Waals surface area contributed by atoms with E-state index in [9.17, 15) is 9.59 Å². The molecule has 0 bridgehead atoms. The first kappa shape index (κ1) is 14.5. The molecule has 20 heavy (non-hydrogen) atoms. The van der Waals surface area contributed by atoms with Crippen molar-refractivity contribution >= 4 is 33.4 Å². The molecule has 0 aromatic heterocycles. The van der Waals surface area contributed by atoms with Gasteiger partial charge in [-0.2, -0.15) is 0 Å². The van der Waals surface area contributed by atoms with Crippen LogP contribution in [0.25, 0.3) is 0 Å². The first-order valence-corrected chi connectivity index (χ1v) is 7.85. The minimum atomic E-state index is -0.451. The van der Waals surface area contributed by atoms with Crippen LogP contribution in [0.2, 0.25) is 0 Å². The van der Waals surface area contributed by atoms with Crippen LogP contribution in [0.4, 0.5) is 0 Å². The highest BCUT2D eigenvalue weighted by Crippen LogP contribution is 2.37. The van der Waals surface area contributed by atoms with Crippen LogP contribution in [0, 0.1) is 0 Å². The molecule has 0 aliphatic heterocycles. The third-order valence-electron chi connectivity index (χ3n) is 2.47. The molecule has 102 valence electrons. The van der Waals surface area contributed by atoms with Gasteiger partial charge in [-0.05, 0) is 36.4 Å². The molecule has 0 atom stereocenters. The number of carbonyl (C=O) groups is 2. The van der Waals surface area contributed by atoms with Gasteiger partial charge in [-0.3, -0.25) is 9.59 Å². The zero-order valence-electron chi connectivity index (χ0n) is 10.4. The van der Waals surface area contributed by atoms with Crippen LogP contribution in [-0.4, -0.2) is 11.8 Å². The second-order valence-electron chi connectivity index (χ2n) is 3.95. The molecule has 2 aromatic rings. The van der Waals surface area contributed by atoms with E-state index < -0.39 is 11.8 Å². The van der Waals surface area contributed by atoms with E-state index in [0.29, 0.717) is 11.1 Å². The zero-order valence-corrected chi connectivity index (χ0v) is 12.0. The lowest BCUT2D eigenvalue weighted by atomic mass is 10.2. The first-order valence-electron chi connectivity index (χ1n) is 5.70. The number of amides is 2. The smallest absolute Gasteiger partial charge is 0.248 e. The Kier molecular flexibility index (Phi) is 4.70. The van der Waals surface area contributed by atoms with Gasteiger partial charge >= 0.3 is 0 Å². The van der Waals surface area contributed by atoms with Crippen LogP contribution in [0.1, 0.15) is 20.7 Å². The van der Waals surface area contributed by atoms with E-state index in [1.165, 1.54) is 21.6 Å². The van der Waals surface area contributed by atoms with Gasteiger partial charge in [0.15, 0.2) is 0 Å². The summed E-state index contributed by atoms with van der Waals surface area (Å²) in [5, 5.41) is 0. The third-order valence-corrected chi connectivity index (χ3v) is 4.85. The SMILES string of the molecule is NC(=O)c1cccc(SSc2cccc(C(N)=O)c2)c1. The van der Waals surface area contributed by atoms with Crippen molar-refractivity contribution in [3.8, 4) is 0 Å². The van der Waals surface area contributed by atoms with Crippen LogP contribution in [0.5, 0.6) is 0 Å². The number of rotatable bonds is 5. The van der Waals surface area contributed by atoms with Gasteiger partial charge in [0, 0.05) is 20.9 Å². The molecule has 2 amide bonds. The molecule has 0 fully saturated rings. The van der Waals surface area contributed by atoms with Crippen molar-refractivity contribution in [2.24, 2.45) is 11.5 Å². The summed E-state index contributed by atoms with van der Waals surface area (Å²) >= 11 is 0. The topological polar surface area (TPSA) is 86.2 Å². The predicted molar refractivity (Wildman–Crippen MR) is 81.6 cm³/mol. The molecule has 0 unspecified atom stereocenters. The molecular formula is C14H12N2O2S2. The Morgan fingerprint density at radius 2 is 1.15 bits per heavy atom. The summed E-state index contributed by atoms with van der Waals surface area (Å²) in [7, 11) is 2.96. The van der Waals surface area contributed by atoms with Crippen molar-refractivity contribution in [3.05, 3.63) is 59.7 Å². The highest BCUT2D eigenvalue weighted by atomic mass is 33.1. The molecule has 6 heteroatoms. The average Bonchev–Trinajstić information content (AvgIpc) is 2.45. The first-order chi connectivity index (χ1) is 9.56. The Labute approximate surface area is 124 Å². The number of primary amides is 2. The van der Waals surface area contributed by atoms with E-state index in [4.69, 9.17) is 11.5 Å². The number of nitrogens with two attached hydrogens (primary N) is 2. The van der Waals surface area contributed by atoms with Crippen molar-refractivity contribution in [1.82, 2.24) is 0 Å². The molecule has 0 aliphatic rings. The second-order valence-corrected chi connectivity index (χ2v) is 6.23. The molecule has 0 radical (unpaired) electrons. The summed E-state index contributed by atoms with van der Waals surface area (Å²) < 4.78 is 0. The Balaban J connectivity index is 2.08. The Bertz CT molecular complexity index is 602. The number of benzene rings is 2. The molecule has 0 saturated heterocycles. The fraction of sp³-hybridized carbons (Fsp3) is 0. The van der Waals surface area contributed by atoms with Crippen LogP contribution >= 0.6 is 21.6 Å². The molecule has 0 aliphatic carbocycles. The molecule has 0 spiro atoms. The molecular weight excluding hydrogens is 292 g/mol. The molecule has 4 N–H and O–H groups in total. The van der Waals surface area contributed by atoms with Gasteiger partial charge in [0.25, 0.3) is 0 Å². The van der Waals surface area contributed by atoms with Crippen LogP contribution in [-0.2, 0) is 0 Å². The molecule has 2 rings (SSSR count). The minimum Gasteiger partial charge on any atom is -0.366 e. The van der Waals surface area contributed by atoms with E-state index >= 15 is 0 Å². The lowest BCUT2D eigenvalue weighted by Crippen LogP contribution is -2.10. The van der Waals surface area contributed by atoms with Crippen molar-refractivity contribution in [2.75, 3.05) is 0 Å². The van der Waals surface area contributed by atoms with Gasteiger partial charge in [-0.25, -0.2) is 0 Å². The monoisotopic (exact) mass is 304 g/mol. The van der Waals surface area contributed by atoms with Crippen molar-refractivity contribution in [1.29, 1.82) is 0 Å². The Morgan fingerprint density at radius 3 is 1.50 bits per heavy atom. The largest absolute Gasteiger partial charge is 0.366 e. The lowest BCUT2D eigenvalue weighted by molar-refractivity contribution is 0.0991. The van der Waals surface area contributed by atoms with Gasteiger partial charge in [-0.1, -0.05) is 33.7 Å². The van der Waals surface area contributed by atoms with Crippen molar-refractivity contribution in [2.45, 2.75) is 9.79 Å². The summed E-state index contributed by atoms with van der Waals surface area (Å²) in [5.41, 5.74) is 11.4. The lowest BCUT2D eigenvalue weighted by Gasteiger charge is -2.04. The maximum Gasteiger partial charge on any atom is 0.248 e. The molecule has 0 saturated carbocycles. The van der Waals surface area contributed by atoms with Gasteiger partial charge in [0.05, 0.1) is 0 Å². The maximum absolute atomic E-state index is 11.1. The maximum atomic E-state index is 11.1. The fourth-order valence-electron chi connectivity index (χ4n) is 1.50. The van der Waals surface area contributed by atoms with E-state index in [1.54, 1.807) is 36.4 Å². The Hall–Kier alpha value is -1.92. The Morgan fingerprint density at radius 1 is 0.750 bits per heavy atom. The summed E-state index contributed by atoms with van der Waals surface area (Å²) in [5.74, 6) is -0.902. The van der Waals surface area contributed by atoms with Gasteiger partial charge in [0.2, 0.25) is 11.8 Å². The van der Waals surface area contributed by atoms with Gasteiger partial charge in [-0.15, -0.1) is 0 Å². The van der Waals surface area contributed by atoms with Gasteiger partial charge < -0.3 is 11.5 Å². The zero-order chi connectivity index (χ0) is 14.5. The summed E-state index contributed by atoms with van der Waals surface area (Å²) in [6.07, 6.45) is 0. The number of hydrogen-bond acceptors (Lipinski definition) is 4. The van der Waals surface area contributed by atoms with E-state index in [2.05, 4.69) is 0 Å². The second kappa shape index (κ2) is 6.49. The average molecular weight is 304 g/mol. The fourth-order valence-corrected chi connectivity index (χ4v) is 3.51. The third kappa shape index (κ3) is 3.79. The minimum absolute atomic E-state index is 0.451. The van der Waals surface area contributed by atoms with E-state index in [1.807, 2.05) is 12.1 Å². The standard InChI is InChI=1S/C14H12N2O2S2/c15-13(17)9-3-1-5-11(7-9)19-20-12-6-2-4-10(8-12)14(16)18/h1-8H,(H2,15,17)(H2,16,18). The van der Waals surface area contributed by atoms with Crippen molar-refractivity contribution in [3.63, 3.8) is 0 Å². The quantitative estimate of drug-likeness (QED) is 0.832. The summed E-state index contributed by atoms with van der Waals surface area (Å²) in [6, 6.07) is 14.2. The normalized spacial score (nSPS) is 10.2. The molecule has 2 aromatic carbocycles. The summed E-state index contributed by atoms with van der Waals surface area (Å²) in [4.78, 5) is 24.0. The molecule has 4 nitrogen and oxygen atoms in total. The predicted octanol–water partition coefficient (Wildman–Crippen LogP) is 2.68. The van der Waals surface area contributed by atoms with Gasteiger partial charge in [0.1, 0.15) is 0 Å². The van der Waals surface area contributed by atoms with Crippen LogP contribution < -0.4 is 11.5 Å². The number of hydrogen-bond donors (Lipinski definition) is 2. The van der Waals surface area contributed by atoms with E-state index in [0.717, 1.165) is 9.79 Å². The summed E-state index contributed by atoms with van der Waals surface area (Å²) in [6.45, 7) is 0. The molecule has 0 heterocycles. The van der Waals surface area contributed by atoms with Crippen LogP contribution in [0.15, 0.2) is 58.3 Å².